The molecule has 2 N–H and O–H groups in total. The highest BCUT2D eigenvalue weighted by Gasteiger charge is 2.04. The Balaban J connectivity index is 1.39. The Hall–Kier alpha value is -4.92. The number of hydrazone groups is 1. The summed E-state index contributed by atoms with van der Waals surface area (Å²) in [7, 11) is 1.55. The van der Waals surface area contributed by atoms with Crippen LogP contribution in [0.4, 0.5) is 0 Å². The van der Waals surface area contributed by atoms with Crippen LogP contribution in [0.15, 0.2) is 88.6 Å². The van der Waals surface area contributed by atoms with Crippen LogP contribution in [0.25, 0.3) is 12.2 Å². The summed E-state index contributed by atoms with van der Waals surface area (Å²) in [6.07, 6.45) is 8.61. The second-order valence-corrected chi connectivity index (χ2v) is 6.93. The zero-order valence-electron chi connectivity index (χ0n) is 18.8. The lowest BCUT2D eigenvalue weighted by Crippen LogP contribution is -2.34. The largest absolute Gasteiger partial charge is 0.496 e. The fourth-order valence-electron chi connectivity index (χ4n) is 2.72. The molecular formula is C26H23N3O6. The lowest BCUT2D eigenvalue weighted by atomic mass is 10.2. The minimum atomic E-state index is -0.546. The predicted molar refractivity (Wildman–Crippen MR) is 131 cm³/mol. The van der Waals surface area contributed by atoms with Gasteiger partial charge in [0, 0.05) is 17.7 Å². The van der Waals surface area contributed by atoms with Crippen LogP contribution in [0.3, 0.4) is 0 Å². The minimum Gasteiger partial charge on any atom is -0.496 e. The number of carbonyl (C=O) groups excluding carboxylic acids is 3. The highest BCUT2D eigenvalue weighted by atomic mass is 16.5. The molecule has 0 fully saturated rings. The number of benzene rings is 2. The smallest absolute Gasteiger partial charge is 0.336 e. The van der Waals surface area contributed by atoms with Crippen molar-refractivity contribution >= 4 is 36.2 Å². The molecule has 0 aliphatic heterocycles. The number of carbonyl (C=O) groups is 3. The van der Waals surface area contributed by atoms with Crippen molar-refractivity contribution in [3.8, 4) is 11.5 Å². The maximum absolute atomic E-state index is 11.9. The van der Waals surface area contributed by atoms with Gasteiger partial charge in [-0.1, -0.05) is 18.2 Å². The van der Waals surface area contributed by atoms with Crippen molar-refractivity contribution in [2.24, 2.45) is 5.10 Å². The molecule has 9 heteroatoms. The molecule has 0 saturated heterocycles. The van der Waals surface area contributed by atoms with Crippen molar-refractivity contribution in [1.29, 1.82) is 0 Å². The van der Waals surface area contributed by atoms with Gasteiger partial charge in [-0.2, -0.15) is 5.10 Å². The van der Waals surface area contributed by atoms with Gasteiger partial charge >= 0.3 is 5.97 Å². The standard InChI is InChI=1S/C26H23N3O6/c1-33-23-7-3-2-5-20(23)10-14-24(30)27-18-25(31)29-28-17-19-8-11-22(12-9-19)35-26(32)15-13-21-6-4-16-34-21/h2-17H,18H2,1H3,(H,27,30)(H,29,31)/b14-10+,15-13+,28-17+. The minimum absolute atomic E-state index is 0.243. The Kier molecular flexibility index (Phi) is 9.14. The summed E-state index contributed by atoms with van der Waals surface area (Å²) in [5.41, 5.74) is 3.73. The number of nitrogens with one attached hydrogen (secondary N) is 2. The van der Waals surface area contributed by atoms with E-state index in [0.717, 1.165) is 5.56 Å². The predicted octanol–water partition coefficient (Wildman–Crippen LogP) is 3.19. The molecule has 0 aliphatic carbocycles. The van der Waals surface area contributed by atoms with Gasteiger partial charge in [0.2, 0.25) is 5.91 Å². The first-order chi connectivity index (χ1) is 17.0. The Morgan fingerprint density at radius 1 is 0.971 bits per heavy atom. The molecule has 0 atom stereocenters. The quantitative estimate of drug-likeness (QED) is 0.153. The molecule has 0 aliphatic rings. The summed E-state index contributed by atoms with van der Waals surface area (Å²) in [4.78, 5) is 35.6. The molecule has 0 unspecified atom stereocenters. The number of ether oxygens (including phenoxy) is 2. The molecule has 0 saturated carbocycles. The van der Waals surface area contributed by atoms with Gasteiger partial charge in [0.15, 0.2) is 0 Å². The van der Waals surface area contributed by atoms with Crippen LogP contribution in [0, 0.1) is 0 Å². The molecule has 3 aromatic rings. The fourth-order valence-corrected chi connectivity index (χ4v) is 2.72. The van der Waals surface area contributed by atoms with Crippen LogP contribution < -0.4 is 20.2 Å². The number of nitrogens with zero attached hydrogens (tertiary/aromatic N) is 1. The Morgan fingerprint density at radius 3 is 2.51 bits per heavy atom. The molecule has 2 amide bonds. The van der Waals surface area contributed by atoms with Gasteiger partial charge in [0.1, 0.15) is 17.3 Å². The van der Waals surface area contributed by atoms with Crippen molar-refractivity contribution in [3.63, 3.8) is 0 Å². The topological polar surface area (TPSA) is 119 Å². The highest BCUT2D eigenvalue weighted by molar-refractivity contribution is 5.94. The molecule has 35 heavy (non-hydrogen) atoms. The third kappa shape index (κ3) is 8.50. The lowest BCUT2D eigenvalue weighted by molar-refractivity contribution is -0.129. The molecule has 0 spiro atoms. The van der Waals surface area contributed by atoms with E-state index in [9.17, 15) is 14.4 Å². The van der Waals surface area contributed by atoms with Crippen molar-refractivity contribution in [2.45, 2.75) is 0 Å². The zero-order valence-corrected chi connectivity index (χ0v) is 18.8. The fraction of sp³-hybridized carbons (Fsp3) is 0.0769. The van der Waals surface area contributed by atoms with E-state index in [4.69, 9.17) is 13.9 Å². The number of furan rings is 1. The van der Waals surface area contributed by atoms with Crippen LogP contribution in [0.1, 0.15) is 16.9 Å². The van der Waals surface area contributed by atoms with Gasteiger partial charge in [-0.25, -0.2) is 10.2 Å². The van der Waals surface area contributed by atoms with E-state index in [1.54, 1.807) is 61.7 Å². The van der Waals surface area contributed by atoms with Gasteiger partial charge in [-0.3, -0.25) is 9.59 Å². The van der Waals surface area contributed by atoms with Gasteiger partial charge in [0.25, 0.3) is 5.91 Å². The van der Waals surface area contributed by atoms with Crippen LogP contribution in [-0.2, 0) is 14.4 Å². The van der Waals surface area contributed by atoms with E-state index < -0.39 is 17.8 Å². The SMILES string of the molecule is COc1ccccc1/C=C/C(=O)NCC(=O)N/N=C/c1ccc(OC(=O)/C=C/c2ccco2)cc1. The maximum atomic E-state index is 11.9. The third-order valence-electron chi connectivity index (χ3n) is 4.40. The van der Waals surface area contributed by atoms with E-state index in [2.05, 4.69) is 15.8 Å². The van der Waals surface area contributed by atoms with Crippen molar-refractivity contribution < 1.29 is 28.3 Å². The Labute approximate surface area is 201 Å². The average Bonchev–Trinajstić information content (AvgIpc) is 3.40. The molecule has 3 rings (SSSR count). The van der Waals surface area contributed by atoms with Crippen molar-refractivity contribution in [2.75, 3.05) is 13.7 Å². The number of hydrogen-bond acceptors (Lipinski definition) is 7. The van der Waals surface area contributed by atoms with E-state index >= 15 is 0 Å². The summed E-state index contributed by atoms with van der Waals surface area (Å²) in [6.45, 7) is -0.243. The number of rotatable bonds is 10. The summed E-state index contributed by atoms with van der Waals surface area (Å²) in [6, 6.07) is 17.2. The number of methoxy groups -OCH3 is 1. The molecule has 0 radical (unpaired) electrons. The van der Waals surface area contributed by atoms with Gasteiger partial charge < -0.3 is 19.2 Å². The van der Waals surface area contributed by atoms with Crippen molar-refractivity contribution in [1.82, 2.24) is 10.7 Å². The van der Waals surface area contributed by atoms with Gasteiger partial charge in [0.05, 0.1) is 26.1 Å². The summed E-state index contributed by atoms with van der Waals surface area (Å²) < 4.78 is 15.5. The van der Waals surface area contributed by atoms with E-state index in [1.165, 1.54) is 30.7 Å². The number of amides is 2. The Bertz CT molecular complexity index is 1230. The molecule has 1 heterocycles. The first-order valence-electron chi connectivity index (χ1n) is 10.5. The molecule has 178 valence electrons. The third-order valence-corrected chi connectivity index (χ3v) is 4.40. The molecule has 0 bridgehead atoms. The summed E-state index contributed by atoms with van der Waals surface area (Å²) in [5, 5.41) is 6.32. The van der Waals surface area contributed by atoms with Crippen molar-refractivity contribution in [3.05, 3.63) is 96.0 Å². The molecule has 1 aromatic heterocycles. The van der Waals surface area contributed by atoms with Crippen LogP contribution in [0.2, 0.25) is 0 Å². The number of esters is 1. The van der Waals surface area contributed by atoms with E-state index in [0.29, 0.717) is 22.8 Å². The lowest BCUT2D eigenvalue weighted by Gasteiger charge is -2.04. The molecule has 2 aromatic carbocycles. The van der Waals surface area contributed by atoms with Gasteiger partial charge in [-0.15, -0.1) is 0 Å². The second kappa shape index (κ2) is 12.9. The zero-order chi connectivity index (χ0) is 24.9. The average molecular weight is 473 g/mol. The summed E-state index contributed by atoms with van der Waals surface area (Å²) in [5.74, 6) is 0.0589. The van der Waals surface area contributed by atoms with Gasteiger partial charge in [-0.05, 0) is 60.2 Å². The first-order valence-corrected chi connectivity index (χ1v) is 10.5. The van der Waals surface area contributed by atoms with E-state index in [1.807, 2.05) is 12.1 Å². The molecular weight excluding hydrogens is 450 g/mol. The highest BCUT2D eigenvalue weighted by Crippen LogP contribution is 2.18. The Morgan fingerprint density at radius 2 is 1.77 bits per heavy atom. The molecule has 9 nitrogen and oxygen atoms in total. The van der Waals surface area contributed by atoms with E-state index in [-0.39, 0.29) is 6.54 Å². The normalized spacial score (nSPS) is 11.1. The number of para-hydroxylation sites is 1. The van der Waals surface area contributed by atoms with Crippen LogP contribution >= 0.6 is 0 Å². The van der Waals surface area contributed by atoms with Crippen LogP contribution in [0.5, 0.6) is 11.5 Å². The van der Waals surface area contributed by atoms with Crippen LogP contribution in [-0.4, -0.2) is 37.7 Å². The number of hydrogen-bond donors (Lipinski definition) is 2. The summed E-state index contributed by atoms with van der Waals surface area (Å²) >= 11 is 0. The first kappa shape index (κ1) is 24.7. The second-order valence-electron chi connectivity index (χ2n) is 6.93. The maximum Gasteiger partial charge on any atom is 0.336 e. The monoisotopic (exact) mass is 473 g/mol.